The molecule has 0 radical (unpaired) electrons. The van der Waals surface area contributed by atoms with E-state index < -0.39 is 0 Å². The summed E-state index contributed by atoms with van der Waals surface area (Å²) in [6, 6.07) is 10.5. The third-order valence-corrected chi connectivity index (χ3v) is 5.67. The molecule has 2 amide bonds. The van der Waals surface area contributed by atoms with Crippen LogP contribution in [0.5, 0.6) is 5.75 Å². The number of benzene rings is 1. The molecule has 2 aromatic rings. The number of urea groups is 1. The maximum atomic E-state index is 13.2. The number of nitrogens with zero attached hydrogens (tertiary/aromatic N) is 3. The average Bonchev–Trinajstić information content (AvgIpc) is 2.81. The predicted octanol–water partition coefficient (Wildman–Crippen LogP) is 4.16. The van der Waals surface area contributed by atoms with Gasteiger partial charge in [-0.3, -0.25) is 9.37 Å². The Hall–Kier alpha value is -2.74. The van der Waals surface area contributed by atoms with Gasteiger partial charge in [-0.15, -0.1) is 0 Å². The Morgan fingerprint density at radius 1 is 1.19 bits per heavy atom. The normalized spacial score (nSPS) is 14.8. The molecule has 0 saturated carbocycles. The molecule has 1 aromatic carbocycles. The zero-order valence-electron chi connectivity index (χ0n) is 18.6. The van der Waals surface area contributed by atoms with Crippen molar-refractivity contribution in [2.45, 2.75) is 44.8 Å². The Morgan fingerprint density at radius 2 is 1.94 bits per heavy atom. The van der Waals surface area contributed by atoms with Crippen LogP contribution in [0.4, 0.5) is 13.6 Å². The molecule has 2 heterocycles. The van der Waals surface area contributed by atoms with Crippen LogP contribution in [0.1, 0.15) is 36.9 Å². The van der Waals surface area contributed by atoms with Crippen molar-refractivity contribution in [3.05, 3.63) is 59.7 Å². The maximum Gasteiger partial charge on any atom is 0.318 e. The van der Waals surface area contributed by atoms with Gasteiger partial charge in [0, 0.05) is 12.6 Å². The quantitative estimate of drug-likeness (QED) is 0.557. The minimum atomic E-state index is -0.390. The Labute approximate surface area is 188 Å². The summed E-state index contributed by atoms with van der Waals surface area (Å²) in [5.74, 6) is 0.341. The van der Waals surface area contributed by atoms with Gasteiger partial charge < -0.3 is 19.9 Å². The summed E-state index contributed by atoms with van der Waals surface area (Å²) in [6.07, 6.45) is 4.15. The molecule has 3 rings (SSSR count). The van der Waals surface area contributed by atoms with E-state index in [9.17, 15) is 13.6 Å². The van der Waals surface area contributed by atoms with Crippen molar-refractivity contribution in [1.82, 2.24) is 20.1 Å². The summed E-state index contributed by atoms with van der Waals surface area (Å²) in [6.45, 7) is 2.75. The molecular formula is C24H32F2N4O2. The van der Waals surface area contributed by atoms with E-state index in [1.165, 1.54) is 12.3 Å². The Kier molecular flexibility index (Phi) is 9.22. The standard InChI is InChI=1S/C24H32F2N4O2/c1-29-13-10-22(11-14-29)30(18-21-7-6-20(26)17-27-21)24(31)28-16-19-4-8-23(9-5-19)32-15-3-2-12-25/h4-9,17,22H,2-3,10-16,18H2,1H3,(H,28,31). The highest BCUT2D eigenvalue weighted by Crippen LogP contribution is 2.19. The fourth-order valence-corrected chi connectivity index (χ4v) is 3.72. The number of rotatable bonds is 10. The van der Waals surface area contributed by atoms with E-state index in [0.717, 1.165) is 37.2 Å². The molecule has 0 aliphatic carbocycles. The van der Waals surface area contributed by atoms with Crippen molar-refractivity contribution >= 4 is 6.03 Å². The van der Waals surface area contributed by atoms with Crippen LogP contribution in [-0.4, -0.2) is 60.3 Å². The molecule has 1 aliphatic heterocycles. The third-order valence-electron chi connectivity index (χ3n) is 5.67. The van der Waals surface area contributed by atoms with Crippen molar-refractivity contribution in [1.29, 1.82) is 0 Å². The van der Waals surface area contributed by atoms with E-state index in [1.807, 2.05) is 29.2 Å². The van der Waals surface area contributed by atoms with Crippen molar-refractivity contribution in [3.63, 3.8) is 0 Å². The zero-order valence-corrected chi connectivity index (χ0v) is 18.6. The molecule has 0 bridgehead atoms. The number of aromatic nitrogens is 1. The van der Waals surface area contributed by atoms with Crippen LogP contribution in [0.15, 0.2) is 42.6 Å². The molecular weight excluding hydrogens is 414 g/mol. The van der Waals surface area contributed by atoms with Gasteiger partial charge in [-0.1, -0.05) is 12.1 Å². The summed E-state index contributed by atoms with van der Waals surface area (Å²) in [5.41, 5.74) is 1.62. The summed E-state index contributed by atoms with van der Waals surface area (Å²) in [5, 5.41) is 3.01. The first-order valence-corrected chi connectivity index (χ1v) is 11.2. The molecule has 0 spiro atoms. The molecule has 174 valence electrons. The van der Waals surface area contributed by atoms with Crippen LogP contribution in [-0.2, 0) is 13.1 Å². The molecule has 1 aromatic heterocycles. The van der Waals surface area contributed by atoms with Gasteiger partial charge >= 0.3 is 6.03 Å². The first kappa shape index (κ1) is 23.9. The SMILES string of the molecule is CN1CCC(N(Cc2ccc(F)cn2)C(=O)NCc2ccc(OCCCCF)cc2)CC1. The number of halogens is 2. The molecule has 1 saturated heterocycles. The largest absolute Gasteiger partial charge is 0.494 e. The molecule has 1 N–H and O–H groups in total. The van der Waals surface area contributed by atoms with Gasteiger partial charge in [-0.2, -0.15) is 0 Å². The number of alkyl halides is 1. The van der Waals surface area contributed by atoms with Gasteiger partial charge in [0.05, 0.1) is 31.7 Å². The number of nitrogens with one attached hydrogen (secondary N) is 1. The average molecular weight is 447 g/mol. The molecule has 0 unspecified atom stereocenters. The number of unbranched alkanes of at least 4 members (excludes halogenated alkanes) is 1. The van der Waals surface area contributed by atoms with Gasteiger partial charge in [-0.25, -0.2) is 9.18 Å². The number of carbonyl (C=O) groups excluding carboxylic acids is 1. The lowest BCUT2D eigenvalue weighted by atomic mass is 10.0. The Balaban J connectivity index is 1.57. The molecule has 1 aliphatic rings. The summed E-state index contributed by atoms with van der Waals surface area (Å²) < 4.78 is 31.0. The van der Waals surface area contributed by atoms with Crippen molar-refractivity contribution in [2.75, 3.05) is 33.4 Å². The van der Waals surface area contributed by atoms with E-state index in [2.05, 4.69) is 22.2 Å². The van der Waals surface area contributed by atoms with Crippen molar-refractivity contribution < 1.29 is 18.3 Å². The summed E-state index contributed by atoms with van der Waals surface area (Å²) in [7, 11) is 2.08. The van der Waals surface area contributed by atoms with Gasteiger partial charge in [-0.05, 0) is 75.6 Å². The van der Waals surface area contributed by atoms with E-state index >= 15 is 0 Å². The predicted molar refractivity (Wildman–Crippen MR) is 120 cm³/mol. The number of piperidine rings is 1. The van der Waals surface area contributed by atoms with Crippen LogP contribution >= 0.6 is 0 Å². The number of likely N-dealkylation sites (tertiary alicyclic amines) is 1. The molecule has 8 heteroatoms. The lowest BCUT2D eigenvalue weighted by molar-refractivity contribution is 0.126. The van der Waals surface area contributed by atoms with Crippen LogP contribution in [0.3, 0.4) is 0 Å². The van der Waals surface area contributed by atoms with Gasteiger partial charge in [0.15, 0.2) is 0 Å². The number of carbonyl (C=O) groups is 1. The minimum Gasteiger partial charge on any atom is -0.494 e. The van der Waals surface area contributed by atoms with E-state index in [0.29, 0.717) is 38.2 Å². The van der Waals surface area contributed by atoms with Crippen molar-refractivity contribution in [2.24, 2.45) is 0 Å². The van der Waals surface area contributed by atoms with E-state index in [1.54, 1.807) is 6.07 Å². The fourth-order valence-electron chi connectivity index (χ4n) is 3.72. The first-order valence-electron chi connectivity index (χ1n) is 11.2. The lowest BCUT2D eigenvalue weighted by Gasteiger charge is -2.37. The molecule has 32 heavy (non-hydrogen) atoms. The number of hydrogen-bond donors (Lipinski definition) is 1. The highest BCUT2D eigenvalue weighted by Gasteiger charge is 2.27. The van der Waals surface area contributed by atoms with Crippen molar-refractivity contribution in [3.8, 4) is 5.75 Å². The van der Waals surface area contributed by atoms with Gasteiger partial charge in [0.25, 0.3) is 0 Å². The monoisotopic (exact) mass is 446 g/mol. The molecule has 1 fully saturated rings. The van der Waals surface area contributed by atoms with Gasteiger partial charge in [0.1, 0.15) is 11.6 Å². The highest BCUT2D eigenvalue weighted by atomic mass is 19.1. The Bertz CT molecular complexity index is 825. The second kappa shape index (κ2) is 12.3. The van der Waals surface area contributed by atoms with E-state index in [-0.39, 0.29) is 24.6 Å². The number of hydrogen-bond acceptors (Lipinski definition) is 4. The van der Waals surface area contributed by atoms with Crippen LogP contribution in [0.25, 0.3) is 0 Å². The van der Waals surface area contributed by atoms with Crippen LogP contribution in [0.2, 0.25) is 0 Å². The van der Waals surface area contributed by atoms with Crippen LogP contribution < -0.4 is 10.1 Å². The zero-order chi connectivity index (χ0) is 22.8. The van der Waals surface area contributed by atoms with E-state index in [4.69, 9.17) is 4.74 Å². The highest BCUT2D eigenvalue weighted by molar-refractivity contribution is 5.74. The maximum absolute atomic E-state index is 13.2. The number of amides is 2. The Morgan fingerprint density at radius 3 is 2.59 bits per heavy atom. The fraction of sp³-hybridized carbons (Fsp3) is 0.500. The summed E-state index contributed by atoms with van der Waals surface area (Å²) in [4.78, 5) is 21.3. The smallest absolute Gasteiger partial charge is 0.318 e. The first-order chi connectivity index (χ1) is 15.5. The second-order valence-electron chi connectivity index (χ2n) is 8.18. The second-order valence-corrected chi connectivity index (χ2v) is 8.18. The summed E-state index contributed by atoms with van der Waals surface area (Å²) >= 11 is 0. The topological polar surface area (TPSA) is 57.7 Å². The third kappa shape index (κ3) is 7.44. The molecule has 6 nitrogen and oxygen atoms in total. The van der Waals surface area contributed by atoms with Gasteiger partial charge in [0.2, 0.25) is 0 Å². The molecule has 0 atom stereocenters. The van der Waals surface area contributed by atoms with Crippen LogP contribution in [0, 0.1) is 5.82 Å². The number of pyridine rings is 1. The lowest BCUT2D eigenvalue weighted by Crippen LogP contribution is -2.49. The number of ether oxygens (including phenoxy) is 1. The minimum absolute atomic E-state index is 0.109.